The van der Waals surface area contributed by atoms with Gasteiger partial charge in [0.15, 0.2) is 0 Å². The third-order valence-electron chi connectivity index (χ3n) is 5.21. The van der Waals surface area contributed by atoms with Crippen LogP contribution in [-0.4, -0.2) is 55.1 Å². The molecule has 1 aliphatic heterocycles. The lowest BCUT2D eigenvalue weighted by molar-refractivity contribution is -0.143. The first-order valence-electron chi connectivity index (χ1n) is 10.4. The average Bonchev–Trinajstić information content (AvgIpc) is 2.82. The molecule has 33 heavy (non-hydrogen) atoms. The molecule has 7 nitrogen and oxygen atoms in total. The van der Waals surface area contributed by atoms with E-state index in [9.17, 15) is 18.4 Å². The molecule has 1 amide bonds. The van der Waals surface area contributed by atoms with Crippen LogP contribution in [0.4, 0.5) is 8.78 Å². The van der Waals surface area contributed by atoms with Crippen LogP contribution < -0.4 is 15.0 Å². The minimum absolute atomic E-state index is 0.0477. The van der Waals surface area contributed by atoms with E-state index in [0.717, 1.165) is 0 Å². The first-order valence-corrected chi connectivity index (χ1v) is 10.4. The number of ether oxygens (including phenoxy) is 3. The number of pyridine rings is 1. The standard InChI is InChI=1S/C24H22F2N2O5/c25-16-33-20-7-5-19(6-8-20)28-14-21(17-1-3-18(26)4-2-17)22(13-23(28)29)32-12-10-27-9-11-31-15-24(27)30/h1-8,13-14H,9-12,15-16H2. The number of amides is 1. The second-order valence-corrected chi connectivity index (χ2v) is 7.30. The molecule has 0 unspecified atom stereocenters. The van der Waals surface area contributed by atoms with E-state index in [1.165, 1.54) is 22.8 Å². The van der Waals surface area contributed by atoms with Crippen LogP contribution in [0.25, 0.3) is 16.8 Å². The normalized spacial score (nSPS) is 13.8. The molecule has 172 valence electrons. The Hall–Kier alpha value is -3.72. The molecule has 0 atom stereocenters. The lowest BCUT2D eigenvalue weighted by atomic mass is 10.1. The number of benzene rings is 2. The number of rotatable bonds is 8. The van der Waals surface area contributed by atoms with E-state index < -0.39 is 6.86 Å². The quantitative estimate of drug-likeness (QED) is 0.521. The predicted octanol–water partition coefficient (Wildman–Crippen LogP) is 3.19. The minimum Gasteiger partial charge on any atom is -0.491 e. The summed E-state index contributed by atoms with van der Waals surface area (Å²) in [6, 6.07) is 13.6. The van der Waals surface area contributed by atoms with Crippen molar-refractivity contribution >= 4 is 5.91 Å². The fraction of sp³-hybridized carbons (Fsp3) is 0.250. The minimum atomic E-state index is -0.948. The molecule has 0 spiro atoms. The Morgan fingerprint density at radius 2 is 1.76 bits per heavy atom. The van der Waals surface area contributed by atoms with Crippen LogP contribution in [0.15, 0.2) is 65.6 Å². The molecule has 0 N–H and O–H groups in total. The Morgan fingerprint density at radius 3 is 2.45 bits per heavy atom. The van der Waals surface area contributed by atoms with Crippen LogP contribution in [0.1, 0.15) is 0 Å². The number of carbonyl (C=O) groups is 1. The van der Waals surface area contributed by atoms with Crippen LogP contribution in [0.2, 0.25) is 0 Å². The Bertz CT molecular complexity index is 1160. The molecule has 1 aliphatic rings. The van der Waals surface area contributed by atoms with Gasteiger partial charge in [0, 0.05) is 30.1 Å². The van der Waals surface area contributed by atoms with Crippen molar-refractivity contribution in [3.63, 3.8) is 0 Å². The average molecular weight is 456 g/mol. The molecule has 9 heteroatoms. The number of morpholine rings is 1. The summed E-state index contributed by atoms with van der Waals surface area (Å²) < 4.78 is 43.1. The van der Waals surface area contributed by atoms with Crippen molar-refractivity contribution in [2.45, 2.75) is 0 Å². The van der Waals surface area contributed by atoms with Gasteiger partial charge in [0.25, 0.3) is 5.56 Å². The van der Waals surface area contributed by atoms with E-state index >= 15 is 0 Å². The van der Waals surface area contributed by atoms with Crippen molar-refractivity contribution in [1.82, 2.24) is 9.47 Å². The molecule has 1 aromatic heterocycles. The molecular weight excluding hydrogens is 434 g/mol. The maximum absolute atomic E-state index is 13.5. The second-order valence-electron chi connectivity index (χ2n) is 7.30. The number of alkyl halides is 1. The van der Waals surface area contributed by atoms with Gasteiger partial charge in [-0.05, 0) is 42.0 Å². The number of halogens is 2. The van der Waals surface area contributed by atoms with Crippen molar-refractivity contribution in [2.75, 3.05) is 39.8 Å². The Morgan fingerprint density at radius 1 is 1.00 bits per heavy atom. The van der Waals surface area contributed by atoms with Gasteiger partial charge in [-0.1, -0.05) is 12.1 Å². The molecule has 3 aromatic rings. The van der Waals surface area contributed by atoms with E-state index in [-0.39, 0.29) is 30.5 Å². The highest BCUT2D eigenvalue weighted by molar-refractivity contribution is 5.78. The van der Waals surface area contributed by atoms with E-state index in [1.54, 1.807) is 47.5 Å². The van der Waals surface area contributed by atoms with Crippen molar-refractivity contribution < 1.29 is 27.8 Å². The summed E-state index contributed by atoms with van der Waals surface area (Å²) in [6.45, 7) is 0.583. The fourth-order valence-corrected chi connectivity index (χ4v) is 3.50. The number of aromatic nitrogens is 1. The van der Waals surface area contributed by atoms with Crippen molar-refractivity contribution in [1.29, 1.82) is 0 Å². The summed E-state index contributed by atoms with van der Waals surface area (Å²) in [5.74, 6) is 0.162. The maximum Gasteiger partial charge on any atom is 0.258 e. The lowest BCUT2D eigenvalue weighted by Gasteiger charge is -2.26. The summed E-state index contributed by atoms with van der Waals surface area (Å²) in [7, 11) is 0. The Labute approximate surface area is 188 Å². The van der Waals surface area contributed by atoms with Crippen LogP contribution >= 0.6 is 0 Å². The van der Waals surface area contributed by atoms with Crippen LogP contribution in [0.3, 0.4) is 0 Å². The lowest BCUT2D eigenvalue weighted by Crippen LogP contribution is -2.43. The Balaban J connectivity index is 1.63. The van der Waals surface area contributed by atoms with Gasteiger partial charge >= 0.3 is 0 Å². The van der Waals surface area contributed by atoms with Gasteiger partial charge in [-0.15, -0.1) is 0 Å². The monoisotopic (exact) mass is 456 g/mol. The maximum atomic E-state index is 13.5. The zero-order valence-corrected chi connectivity index (χ0v) is 17.7. The first-order chi connectivity index (χ1) is 16.0. The van der Waals surface area contributed by atoms with Crippen LogP contribution in [0, 0.1) is 5.82 Å². The molecular formula is C24H22F2N2O5. The van der Waals surface area contributed by atoms with Gasteiger partial charge in [-0.25, -0.2) is 8.78 Å². The number of hydrogen-bond donors (Lipinski definition) is 0. The van der Waals surface area contributed by atoms with Crippen LogP contribution in [-0.2, 0) is 9.53 Å². The molecule has 0 saturated carbocycles. The van der Waals surface area contributed by atoms with Gasteiger partial charge in [0.1, 0.15) is 30.5 Å². The highest BCUT2D eigenvalue weighted by Gasteiger charge is 2.19. The largest absolute Gasteiger partial charge is 0.491 e. The molecule has 0 aliphatic carbocycles. The van der Waals surface area contributed by atoms with Crippen molar-refractivity contribution in [2.24, 2.45) is 0 Å². The zero-order valence-electron chi connectivity index (χ0n) is 17.7. The highest BCUT2D eigenvalue weighted by Crippen LogP contribution is 2.30. The summed E-state index contributed by atoms with van der Waals surface area (Å²) in [5, 5.41) is 0. The molecule has 1 saturated heterocycles. The number of hydrogen-bond acceptors (Lipinski definition) is 5. The van der Waals surface area contributed by atoms with Crippen molar-refractivity contribution in [3.8, 4) is 28.3 Å². The number of nitrogens with zero attached hydrogens (tertiary/aromatic N) is 2. The first kappa shape index (κ1) is 22.5. The van der Waals surface area contributed by atoms with E-state index in [0.29, 0.717) is 48.0 Å². The van der Waals surface area contributed by atoms with Gasteiger partial charge in [-0.2, -0.15) is 0 Å². The zero-order chi connectivity index (χ0) is 23.2. The SMILES string of the molecule is O=C1COCCN1CCOc1cc(=O)n(-c2ccc(OCF)cc2)cc1-c1ccc(F)cc1. The van der Waals surface area contributed by atoms with Crippen molar-refractivity contribution in [3.05, 3.63) is 77.0 Å². The molecule has 0 radical (unpaired) electrons. The summed E-state index contributed by atoms with van der Waals surface area (Å²) >= 11 is 0. The highest BCUT2D eigenvalue weighted by atomic mass is 19.1. The molecule has 0 bridgehead atoms. The molecule has 1 fully saturated rings. The smallest absolute Gasteiger partial charge is 0.258 e. The van der Waals surface area contributed by atoms with Gasteiger partial charge < -0.3 is 19.1 Å². The summed E-state index contributed by atoms with van der Waals surface area (Å²) in [6.07, 6.45) is 1.61. The molecule has 4 rings (SSSR count). The van der Waals surface area contributed by atoms with E-state index in [4.69, 9.17) is 14.2 Å². The summed E-state index contributed by atoms with van der Waals surface area (Å²) in [5.41, 5.74) is 1.42. The topological polar surface area (TPSA) is 70.0 Å². The summed E-state index contributed by atoms with van der Waals surface area (Å²) in [4.78, 5) is 26.4. The van der Waals surface area contributed by atoms with Crippen LogP contribution in [0.5, 0.6) is 11.5 Å². The molecule has 2 aromatic carbocycles. The third kappa shape index (κ3) is 5.38. The Kier molecular flexibility index (Phi) is 6.99. The predicted molar refractivity (Wildman–Crippen MR) is 117 cm³/mol. The van der Waals surface area contributed by atoms with E-state index in [2.05, 4.69) is 0 Å². The fourth-order valence-electron chi connectivity index (χ4n) is 3.50. The number of carbonyl (C=O) groups excluding carboxylic acids is 1. The van der Waals surface area contributed by atoms with Gasteiger partial charge in [0.2, 0.25) is 12.8 Å². The van der Waals surface area contributed by atoms with Gasteiger partial charge in [-0.3, -0.25) is 14.2 Å². The second kappa shape index (κ2) is 10.3. The molecule has 2 heterocycles. The third-order valence-corrected chi connectivity index (χ3v) is 5.21. The van der Waals surface area contributed by atoms with Gasteiger partial charge in [0.05, 0.1) is 13.2 Å². The van der Waals surface area contributed by atoms with E-state index in [1.807, 2.05) is 0 Å².